The second-order valence-corrected chi connectivity index (χ2v) is 6.74. The number of anilines is 1. The molecule has 1 saturated heterocycles. The fourth-order valence-electron chi connectivity index (χ4n) is 3.09. The van der Waals surface area contributed by atoms with Crippen molar-refractivity contribution in [2.24, 2.45) is 0 Å². The topological polar surface area (TPSA) is 50.8 Å². The molecule has 1 aromatic carbocycles. The summed E-state index contributed by atoms with van der Waals surface area (Å²) in [6.45, 7) is 1.34. The van der Waals surface area contributed by atoms with Crippen molar-refractivity contribution >= 4 is 22.9 Å². The van der Waals surface area contributed by atoms with Gasteiger partial charge in [0, 0.05) is 17.0 Å². The van der Waals surface area contributed by atoms with E-state index in [1.807, 2.05) is 6.07 Å². The second-order valence-electron chi connectivity index (χ2n) is 5.76. The third kappa shape index (κ3) is 3.71. The van der Waals surface area contributed by atoms with Gasteiger partial charge in [-0.05, 0) is 43.0 Å². The lowest BCUT2D eigenvalue weighted by molar-refractivity contribution is -0.117. The van der Waals surface area contributed by atoms with Crippen LogP contribution in [0, 0.1) is 0 Å². The number of nitrogens with one attached hydrogen (secondary N) is 1. The highest BCUT2D eigenvalue weighted by Crippen LogP contribution is 2.34. The molecule has 0 radical (unpaired) electrons. The van der Waals surface area contributed by atoms with E-state index >= 15 is 0 Å². The lowest BCUT2D eigenvalue weighted by atomic mass is 10.2. The maximum Gasteiger partial charge on any atom is 0.238 e. The zero-order chi connectivity index (χ0) is 16.9. The van der Waals surface area contributed by atoms with E-state index in [1.165, 1.54) is 4.88 Å². The average Bonchev–Trinajstić information content (AvgIpc) is 3.26. The average molecular weight is 346 g/mol. The highest BCUT2D eigenvalue weighted by Gasteiger charge is 2.28. The number of carbonyl (C=O) groups excluding carboxylic acids is 1. The fourth-order valence-corrected chi connectivity index (χ4v) is 3.99. The zero-order valence-corrected chi connectivity index (χ0v) is 14.8. The summed E-state index contributed by atoms with van der Waals surface area (Å²) in [7, 11) is 3.18. The van der Waals surface area contributed by atoms with E-state index in [0.717, 1.165) is 19.4 Å². The Morgan fingerprint density at radius 3 is 2.92 bits per heavy atom. The molecule has 0 aliphatic carbocycles. The summed E-state index contributed by atoms with van der Waals surface area (Å²) >= 11 is 1.76. The Morgan fingerprint density at radius 1 is 1.33 bits per heavy atom. The molecule has 1 aromatic heterocycles. The number of benzene rings is 1. The number of likely N-dealkylation sites (tertiary alicyclic amines) is 1. The van der Waals surface area contributed by atoms with Crippen LogP contribution in [0.15, 0.2) is 35.7 Å². The molecule has 1 fully saturated rings. The highest BCUT2D eigenvalue weighted by atomic mass is 32.1. The summed E-state index contributed by atoms with van der Waals surface area (Å²) in [5.74, 6) is 1.27. The molecule has 1 aliphatic rings. The molecule has 0 spiro atoms. The zero-order valence-electron chi connectivity index (χ0n) is 14.0. The first-order chi connectivity index (χ1) is 11.7. The van der Waals surface area contributed by atoms with Gasteiger partial charge in [-0.1, -0.05) is 6.07 Å². The summed E-state index contributed by atoms with van der Waals surface area (Å²) < 4.78 is 10.5. The molecule has 1 aliphatic heterocycles. The van der Waals surface area contributed by atoms with Crippen LogP contribution in [0.25, 0.3) is 0 Å². The van der Waals surface area contributed by atoms with Crippen LogP contribution in [0.1, 0.15) is 23.8 Å². The number of carbonyl (C=O) groups is 1. The number of rotatable bonds is 6. The van der Waals surface area contributed by atoms with Gasteiger partial charge in [0.1, 0.15) is 11.5 Å². The molecule has 5 nitrogen and oxygen atoms in total. The van der Waals surface area contributed by atoms with Crippen LogP contribution in [0.3, 0.4) is 0 Å². The van der Waals surface area contributed by atoms with E-state index in [-0.39, 0.29) is 5.91 Å². The van der Waals surface area contributed by atoms with Gasteiger partial charge in [-0.25, -0.2) is 0 Å². The molecule has 128 valence electrons. The minimum atomic E-state index is -0.0260. The maximum atomic E-state index is 12.5. The van der Waals surface area contributed by atoms with E-state index in [4.69, 9.17) is 9.47 Å². The van der Waals surface area contributed by atoms with Crippen molar-refractivity contribution in [1.29, 1.82) is 0 Å². The molecule has 3 rings (SSSR count). The Balaban J connectivity index is 1.65. The van der Waals surface area contributed by atoms with Gasteiger partial charge in [-0.3, -0.25) is 9.69 Å². The van der Waals surface area contributed by atoms with Crippen LogP contribution in [0.5, 0.6) is 11.5 Å². The van der Waals surface area contributed by atoms with Gasteiger partial charge >= 0.3 is 0 Å². The van der Waals surface area contributed by atoms with Crippen molar-refractivity contribution in [2.75, 3.05) is 32.6 Å². The third-order valence-electron chi connectivity index (χ3n) is 4.26. The monoisotopic (exact) mass is 346 g/mol. The fraction of sp³-hybridized carbons (Fsp3) is 0.389. The largest absolute Gasteiger partial charge is 0.497 e. The van der Waals surface area contributed by atoms with Crippen LogP contribution in [-0.2, 0) is 4.79 Å². The van der Waals surface area contributed by atoms with Gasteiger partial charge in [0.2, 0.25) is 5.91 Å². The van der Waals surface area contributed by atoms with E-state index < -0.39 is 0 Å². The van der Waals surface area contributed by atoms with Crippen molar-refractivity contribution < 1.29 is 14.3 Å². The summed E-state index contributed by atoms with van der Waals surface area (Å²) in [6, 6.07) is 9.95. The Hall–Kier alpha value is -2.05. The standard InChI is InChI=1S/C18H22N2O3S/c1-22-13-7-8-14(16(11-13)23-2)19-18(21)12-20-9-3-5-15(20)17-6-4-10-24-17/h4,6-8,10-11,15H,3,5,9,12H2,1-2H3,(H,19,21). The van der Waals surface area contributed by atoms with Gasteiger partial charge in [-0.15, -0.1) is 11.3 Å². The van der Waals surface area contributed by atoms with Crippen LogP contribution in [-0.4, -0.2) is 38.1 Å². The van der Waals surface area contributed by atoms with Crippen LogP contribution >= 0.6 is 11.3 Å². The van der Waals surface area contributed by atoms with Crippen LogP contribution in [0.4, 0.5) is 5.69 Å². The first-order valence-corrected chi connectivity index (χ1v) is 8.88. The van der Waals surface area contributed by atoms with Gasteiger partial charge in [-0.2, -0.15) is 0 Å². The molecule has 1 amide bonds. The van der Waals surface area contributed by atoms with Crippen molar-refractivity contribution in [2.45, 2.75) is 18.9 Å². The number of thiophene rings is 1. The SMILES string of the molecule is COc1ccc(NC(=O)CN2CCCC2c2cccs2)c(OC)c1. The van der Waals surface area contributed by atoms with E-state index in [9.17, 15) is 4.79 Å². The molecule has 1 unspecified atom stereocenters. The first kappa shape index (κ1) is 16.8. The van der Waals surface area contributed by atoms with E-state index in [1.54, 1.807) is 37.7 Å². The van der Waals surface area contributed by atoms with Gasteiger partial charge in [0.25, 0.3) is 0 Å². The molecule has 0 saturated carbocycles. The van der Waals surface area contributed by atoms with Crippen LogP contribution in [0.2, 0.25) is 0 Å². The molecular weight excluding hydrogens is 324 g/mol. The Bertz CT molecular complexity index is 688. The number of amides is 1. The lowest BCUT2D eigenvalue weighted by Gasteiger charge is -2.23. The predicted octanol–water partition coefficient (Wildman–Crippen LogP) is 3.54. The van der Waals surface area contributed by atoms with Crippen LogP contribution < -0.4 is 14.8 Å². The molecule has 6 heteroatoms. The third-order valence-corrected chi connectivity index (χ3v) is 5.24. The summed E-state index contributed by atoms with van der Waals surface area (Å²) in [4.78, 5) is 16.1. The molecule has 1 N–H and O–H groups in total. The molecular formula is C18H22N2O3S. The summed E-state index contributed by atoms with van der Waals surface area (Å²) in [6.07, 6.45) is 2.24. The Kier molecular flexibility index (Phi) is 5.37. The first-order valence-electron chi connectivity index (χ1n) is 8.00. The smallest absolute Gasteiger partial charge is 0.238 e. The molecule has 0 bridgehead atoms. The number of nitrogens with zero attached hydrogens (tertiary/aromatic N) is 1. The normalized spacial score (nSPS) is 17.7. The van der Waals surface area contributed by atoms with Crippen molar-refractivity contribution in [3.63, 3.8) is 0 Å². The van der Waals surface area contributed by atoms with E-state index in [2.05, 4.69) is 27.7 Å². The molecule has 1 atom stereocenters. The number of hydrogen-bond donors (Lipinski definition) is 1. The lowest BCUT2D eigenvalue weighted by Crippen LogP contribution is -2.32. The van der Waals surface area contributed by atoms with Gasteiger partial charge in [0.05, 0.1) is 26.5 Å². The Morgan fingerprint density at radius 2 is 2.21 bits per heavy atom. The predicted molar refractivity (Wildman–Crippen MR) is 96.0 cm³/mol. The Labute approximate surface area is 146 Å². The second kappa shape index (κ2) is 7.68. The molecule has 2 aromatic rings. The van der Waals surface area contributed by atoms with Crippen molar-refractivity contribution in [3.8, 4) is 11.5 Å². The van der Waals surface area contributed by atoms with Crippen molar-refractivity contribution in [3.05, 3.63) is 40.6 Å². The maximum absolute atomic E-state index is 12.5. The van der Waals surface area contributed by atoms with E-state index in [0.29, 0.717) is 29.8 Å². The molecule has 24 heavy (non-hydrogen) atoms. The quantitative estimate of drug-likeness (QED) is 0.869. The minimum absolute atomic E-state index is 0.0260. The van der Waals surface area contributed by atoms with Gasteiger partial charge < -0.3 is 14.8 Å². The number of hydrogen-bond acceptors (Lipinski definition) is 5. The summed E-state index contributed by atoms with van der Waals surface area (Å²) in [5, 5.41) is 5.04. The van der Waals surface area contributed by atoms with Gasteiger partial charge in [0.15, 0.2) is 0 Å². The highest BCUT2D eigenvalue weighted by molar-refractivity contribution is 7.10. The number of ether oxygens (including phenoxy) is 2. The number of methoxy groups -OCH3 is 2. The van der Waals surface area contributed by atoms with Crippen molar-refractivity contribution in [1.82, 2.24) is 4.90 Å². The minimum Gasteiger partial charge on any atom is -0.497 e. The molecule has 2 heterocycles. The summed E-state index contributed by atoms with van der Waals surface area (Å²) in [5.41, 5.74) is 0.662.